The number of aliphatic hydroxyl groups excluding tert-OH is 1. The first-order chi connectivity index (χ1) is 14.0. The Kier molecular flexibility index (Phi) is 5.29. The van der Waals surface area contributed by atoms with E-state index in [-0.39, 0.29) is 5.91 Å². The van der Waals surface area contributed by atoms with Crippen LogP contribution in [0.3, 0.4) is 0 Å². The first-order valence-electron chi connectivity index (χ1n) is 9.92. The number of nitrogens with one attached hydrogen (secondary N) is 2. The average Bonchev–Trinajstić information content (AvgIpc) is 3.19. The fourth-order valence-electron chi connectivity index (χ4n) is 4.22. The number of β-amino-alcohol motifs (C(OH)–C–C–N with tert-alkyl or cyclic N) is 1. The van der Waals surface area contributed by atoms with Crippen LogP contribution in [-0.4, -0.2) is 49.8 Å². The molecule has 2 atom stereocenters. The molecule has 0 unspecified atom stereocenters. The van der Waals surface area contributed by atoms with Gasteiger partial charge in [-0.1, -0.05) is 30.3 Å². The van der Waals surface area contributed by atoms with Crippen molar-refractivity contribution in [1.82, 2.24) is 30.2 Å². The standard InChI is InChI=1S/C21H26N6O2/c1-14-17(15(2)27-20(25-14)23-13-24-27)8-9-19(29)26-21(10-11-22-12-18(21)28)16-6-4-3-5-7-16/h3-7,13,18,22,28H,8-12H2,1-2H3,(H,26,29)/t18-,21-/m1/s1. The van der Waals surface area contributed by atoms with Gasteiger partial charge >= 0.3 is 0 Å². The summed E-state index contributed by atoms with van der Waals surface area (Å²) >= 11 is 0. The van der Waals surface area contributed by atoms with Crippen LogP contribution in [0.1, 0.15) is 35.4 Å². The van der Waals surface area contributed by atoms with Crippen molar-refractivity contribution in [2.45, 2.75) is 44.8 Å². The number of benzene rings is 1. The molecule has 1 saturated heterocycles. The van der Waals surface area contributed by atoms with Gasteiger partial charge in [-0.25, -0.2) is 9.50 Å². The molecule has 0 aliphatic carbocycles. The van der Waals surface area contributed by atoms with Crippen molar-refractivity contribution in [3.63, 3.8) is 0 Å². The quantitative estimate of drug-likeness (QED) is 0.597. The average molecular weight is 394 g/mol. The summed E-state index contributed by atoms with van der Waals surface area (Å²) in [7, 11) is 0. The minimum absolute atomic E-state index is 0.0905. The number of nitrogens with zero attached hydrogens (tertiary/aromatic N) is 4. The second-order valence-corrected chi connectivity index (χ2v) is 7.59. The largest absolute Gasteiger partial charge is 0.389 e. The van der Waals surface area contributed by atoms with Gasteiger partial charge in [0.1, 0.15) is 6.33 Å². The Morgan fingerprint density at radius 2 is 2.14 bits per heavy atom. The van der Waals surface area contributed by atoms with E-state index in [2.05, 4.69) is 25.7 Å². The van der Waals surface area contributed by atoms with Gasteiger partial charge in [0.15, 0.2) is 0 Å². The molecule has 8 heteroatoms. The van der Waals surface area contributed by atoms with Crippen LogP contribution >= 0.6 is 0 Å². The van der Waals surface area contributed by atoms with E-state index < -0.39 is 11.6 Å². The summed E-state index contributed by atoms with van der Waals surface area (Å²) in [5.41, 5.74) is 2.95. The highest BCUT2D eigenvalue weighted by Crippen LogP contribution is 2.31. The highest BCUT2D eigenvalue weighted by atomic mass is 16.3. The Balaban J connectivity index is 1.54. The molecule has 1 amide bonds. The molecule has 2 aromatic heterocycles. The molecule has 8 nitrogen and oxygen atoms in total. The van der Waals surface area contributed by atoms with E-state index in [9.17, 15) is 9.90 Å². The molecule has 0 radical (unpaired) electrons. The maximum Gasteiger partial charge on any atom is 0.252 e. The highest BCUT2D eigenvalue weighted by Gasteiger charge is 2.42. The lowest BCUT2D eigenvalue weighted by Crippen LogP contribution is -2.61. The van der Waals surface area contributed by atoms with Gasteiger partial charge in [-0.3, -0.25) is 4.79 Å². The minimum Gasteiger partial charge on any atom is -0.389 e. The SMILES string of the molecule is Cc1nc2ncnn2c(C)c1CCC(=O)N[C@@]1(c2ccccc2)CCNC[C@H]1O. The summed E-state index contributed by atoms with van der Waals surface area (Å²) in [5, 5.41) is 21.3. The summed E-state index contributed by atoms with van der Waals surface area (Å²) in [6, 6.07) is 9.73. The van der Waals surface area contributed by atoms with E-state index >= 15 is 0 Å². The van der Waals surface area contributed by atoms with E-state index in [1.807, 2.05) is 44.2 Å². The van der Waals surface area contributed by atoms with E-state index in [1.54, 1.807) is 4.52 Å². The highest BCUT2D eigenvalue weighted by molar-refractivity contribution is 5.77. The number of fused-ring (bicyclic) bond motifs is 1. The number of amides is 1. The van der Waals surface area contributed by atoms with Gasteiger partial charge < -0.3 is 15.7 Å². The molecule has 1 fully saturated rings. The number of aliphatic hydroxyl groups is 1. The van der Waals surface area contributed by atoms with Crippen LogP contribution in [-0.2, 0) is 16.8 Å². The minimum atomic E-state index is -0.776. The molecule has 0 saturated carbocycles. The Morgan fingerprint density at radius 1 is 1.34 bits per heavy atom. The molecule has 3 N–H and O–H groups in total. The zero-order valence-electron chi connectivity index (χ0n) is 16.7. The van der Waals surface area contributed by atoms with Crippen LogP contribution in [0.4, 0.5) is 0 Å². The zero-order chi connectivity index (χ0) is 20.4. The van der Waals surface area contributed by atoms with Crippen molar-refractivity contribution in [2.75, 3.05) is 13.1 Å². The lowest BCUT2D eigenvalue weighted by molar-refractivity contribution is -0.125. The predicted molar refractivity (Wildman–Crippen MR) is 108 cm³/mol. The van der Waals surface area contributed by atoms with Crippen molar-refractivity contribution in [3.05, 3.63) is 59.2 Å². The van der Waals surface area contributed by atoms with Gasteiger partial charge in [0.05, 0.1) is 11.6 Å². The van der Waals surface area contributed by atoms with Crippen LogP contribution in [0.5, 0.6) is 0 Å². The summed E-state index contributed by atoms with van der Waals surface area (Å²) in [6.45, 7) is 5.07. The Labute approximate surface area is 169 Å². The number of carbonyl (C=O) groups excluding carboxylic acids is 1. The van der Waals surface area contributed by atoms with Gasteiger partial charge in [-0.2, -0.15) is 10.1 Å². The normalized spacial score (nSPS) is 22.0. The van der Waals surface area contributed by atoms with E-state index in [1.165, 1.54) is 6.33 Å². The van der Waals surface area contributed by atoms with Crippen molar-refractivity contribution < 1.29 is 9.90 Å². The Bertz CT molecular complexity index is 1020. The van der Waals surface area contributed by atoms with Crippen molar-refractivity contribution in [1.29, 1.82) is 0 Å². The van der Waals surface area contributed by atoms with Crippen LogP contribution in [0.2, 0.25) is 0 Å². The number of carbonyl (C=O) groups is 1. The van der Waals surface area contributed by atoms with Crippen molar-refractivity contribution in [2.24, 2.45) is 0 Å². The number of piperidine rings is 1. The molecule has 29 heavy (non-hydrogen) atoms. The second kappa shape index (κ2) is 7.88. The summed E-state index contributed by atoms with van der Waals surface area (Å²) in [4.78, 5) is 21.6. The summed E-state index contributed by atoms with van der Waals surface area (Å²) < 4.78 is 1.70. The zero-order valence-corrected chi connectivity index (χ0v) is 16.7. The fourth-order valence-corrected chi connectivity index (χ4v) is 4.22. The maximum absolute atomic E-state index is 12.9. The number of hydrogen-bond acceptors (Lipinski definition) is 6. The smallest absolute Gasteiger partial charge is 0.252 e. The molecule has 3 heterocycles. The fraction of sp³-hybridized carbons (Fsp3) is 0.429. The van der Waals surface area contributed by atoms with E-state index in [0.29, 0.717) is 31.6 Å². The van der Waals surface area contributed by atoms with E-state index in [4.69, 9.17) is 0 Å². The van der Waals surface area contributed by atoms with Gasteiger partial charge in [0.2, 0.25) is 5.91 Å². The summed E-state index contributed by atoms with van der Waals surface area (Å²) in [5.74, 6) is 0.473. The molecular formula is C21H26N6O2. The third-order valence-corrected chi connectivity index (χ3v) is 5.84. The van der Waals surface area contributed by atoms with Crippen molar-refractivity contribution in [3.8, 4) is 0 Å². The molecule has 3 aromatic rings. The lowest BCUT2D eigenvalue weighted by atomic mass is 9.79. The second-order valence-electron chi connectivity index (χ2n) is 7.59. The first kappa shape index (κ1) is 19.5. The van der Waals surface area contributed by atoms with Crippen molar-refractivity contribution >= 4 is 11.7 Å². The molecule has 1 aromatic carbocycles. The number of aryl methyl sites for hydroxylation is 2. The number of rotatable bonds is 5. The third-order valence-electron chi connectivity index (χ3n) is 5.84. The molecule has 0 spiro atoms. The first-order valence-corrected chi connectivity index (χ1v) is 9.92. The molecule has 1 aliphatic rings. The van der Waals surface area contributed by atoms with Gasteiger partial charge in [-0.15, -0.1) is 0 Å². The van der Waals surface area contributed by atoms with Crippen LogP contribution in [0, 0.1) is 13.8 Å². The summed E-state index contributed by atoms with van der Waals surface area (Å²) in [6.07, 6.45) is 2.27. The number of hydrogen-bond donors (Lipinski definition) is 3. The molecule has 1 aliphatic heterocycles. The maximum atomic E-state index is 12.9. The van der Waals surface area contributed by atoms with Crippen LogP contribution in [0.25, 0.3) is 5.78 Å². The van der Waals surface area contributed by atoms with E-state index in [0.717, 1.165) is 29.1 Å². The predicted octanol–water partition coefficient (Wildman–Crippen LogP) is 1.04. The number of aromatic nitrogens is 4. The molecular weight excluding hydrogens is 368 g/mol. The van der Waals surface area contributed by atoms with Crippen LogP contribution in [0.15, 0.2) is 36.7 Å². The monoisotopic (exact) mass is 394 g/mol. The third kappa shape index (κ3) is 3.61. The lowest BCUT2D eigenvalue weighted by Gasteiger charge is -2.43. The Morgan fingerprint density at radius 3 is 2.90 bits per heavy atom. The van der Waals surface area contributed by atoms with Gasteiger partial charge in [0.25, 0.3) is 5.78 Å². The van der Waals surface area contributed by atoms with Gasteiger partial charge in [-0.05, 0) is 44.4 Å². The molecule has 0 bridgehead atoms. The van der Waals surface area contributed by atoms with Gasteiger partial charge in [0, 0.05) is 24.4 Å². The molecule has 4 rings (SSSR count). The molecule has 152 valence electrons. The van der Waals surface area contributed by atoms with Crippen LogP contribution < -0.4 is 10.6 Å². The topological polar surface area (TPSA) is 104 Å². The Hall–Kier alpha value is -2.84.